The Labute approximate surface area is 125 Å². The fourth-order valence-corrected chi connectivity index (χ4v) is 3.63. The maximum Gasteiger partial charge on any atom is 0.312 e. The average molecular weight is 312 g/mol. The molecule has 112 valence electrons. The number of hydrogen-bond donors (Lipinski definition) is 3. The first-order valence-corrected chi connectivity index (χ1v) is 6.86. The molecule has 2 fully saturated rings. The standard InChI is InChI=1S/C14H14ClNO5/c15-10-8(2-1-3-9(10)17)4-16-6-13(11(18)19)5-14(13,7-16)12(20)21/h1-3,17H,4-7H2,(H,18,19)(H,20,21)/t13-,14+. The Hall–Kier alpha value is -1.79. The summed E-state index contributed by atoms with van der Waals surface area (Å²) in [5.74, 6) is -2.16. The highest BCUT2D eigenvalue weighted by molar-refractivity contribution is 6.32. The van der Waals surface area contributed by atoms with Crippen molar-refractivity contribution in [2.75, 3.05) is 13.1 Å². The van der Waals surface area contributed by atoms with Crippen LogP contribution in [-0.2, 0) is 16.1 Å². The number of carbonyl (C=O) groups is 2. The molecule has 6 nitrogen and oxygen atoms in total. The van der Waals surface area contributed by atoms with E-state index in [9.17, 15) is 24.9 Å². The van der Waals surface area contributed by atoms with E-state index in [-0.39, 0.29) is 30.3 Å². The third-order valence-corrected chi connectivity index (χ3v) is 5.09. The van der Waals surface area contributed by atoms with Gasteiger partial charge in [-0.05, 0) is 18.1 Å². The van der Waals surface area contributed by atoms with Crippen LogP contribution >= 0.6 is 11.6 Å². The normalized spacial score (nSPS) is 30.9. The number of benzene rings is 1. The summed E-state index contributed by atoms with van der Waals surface area (Å²) in [5, 5.41) is 28.5. The monoisotopic (exact) mass is 311 g/mol. The number of rotatable bonds is 4. The summed E-state index contributed by atoms with van der Waals surface area (Å²) in [6.45, 7) is 0.679. The van der Waals surface area contributed by atoms with Crippen LogP contribution in [0.15, 0.2) is 18.2 Å². The average Bonchev–Trinajstić information content (AvgIpc) is 2.95. The Kier molecular flexibility index (Phi) is 2.93. The van der Waals surface area contributed by atoms with Crippen molar-refractivity contribution >= 4 is 23.5 Å². The van der Waals surface area contributed by atoms with Crippen LogP contribution in [0, 0.1) is 10.8 Å². The first-order valence-electron chi connectivity index (χ1n) is 6.48. The lowest BCUT2D eigenvalue weighted by Crippen LogP contribution is -2.28. The van der Waals surface area contributed by atoms with Gasteiger partial charge in [-0.1, -0.05) is 23.7 Å². The van der Waals surface area contributed by atoms with Crippen molar-refractivity contribution in [1.82, 2.24) is 4.90 Å². The minimum absolute atomic E-state index is 0.0422. The van der Waals surface area contributed by atoms with Crippen LogP contribution in [-0.4, -0.2) is 45.2 Å². The second-order valence-corrected chi connectivity index (χ2v) is 6.22. The van der Waals surface area contributed by atoms with E-state index in [0.717, 1.165) is 0 Å². The van der Waals surface area contributed by atoms with Gasteiger partial charge in [0.05, 0.1) is 15.9 Å². The van der Waals surface area contributed by atoms with Crippen LogP contribution in [0.1, 0.15) is 12.0 Å². The van der Waals surface area contributed by atoms with E-state index in [4.69, 9.17) is 11.6 Å². The number of carboxylic acids is 2. The minimum atomic E-state index is -1.19. The van der Waals surface area contributed by atoms with Gasteiger partial charge >= 0.3 is 11.9 Å². The third kappa shape index (κ3) is 1.82. The molecule has 3 rings (SSSR count). The van der Waals surface area contributed by atoms with Gasteiger partial charge in [0.2, 0.25) is 0 Å². The van der Waals surface area contributed by atoms with Gasteiger partial charge in [-0.3, -0.25) is 14.5 Å². The molecule has 1 aromatic rings. The van der Waals surface area contributed by atoms with Gasteiger partial charge in [0.1, 0.15) is 5.75 Å². The van der Waals surface area contributed by atoms with Gasteiger partial charge in [-0.2, -0.15) is 0 Å². The van der Waals surface area contributed by atoms with E-state index in [2.05, 4.69) is 0 Å². The second kappa shape index (κ2) is 4.35. The summed E-state index contributed by atoms with van der Waals surface area (Å²) in [4.78, 5) is 24.6. The summed E-state index contributed by atoms with van der Waals surface area (Å²) in [6.07, 6.45) is 0.176. The molecule has 1 aromatic carbocycles. The summed E-state index contributed by atoms with van der Waals surface area (Å²) >= 11 is 6.00. The number of nitrogens with zero attached hydrogens (tertiary/aromatic N) is 1. The minimum Gasteiger partial charge on any atom is -0.506 e. The molecular formula is C14H14ClNO5. The van der Waals surface area contributed by atoms with Gasteiger partial charge in [-0.15, -0.1) is 0 Å². The molecule has 2 aliphatic rings. The van der Waals surface area contributed by atoms with Crippen molar-refractivity contribution in [2.45, 2.75) is 13.0 Å². The lowest BCUT2D eigenvalue weighted by atomic mass is 9.97. The number of piperidine rings is 1. The van der Waals surface area contributed by atoms with Gasteiger partial charge in [-0.25, -0.2) is 0 Å². The number of phenols is 1. The molecule has 1 aliphatic carbocycles. The zero-order valence-electron chi connectivity index (χ0n) is 11.0. The fourth-order valence-electron chi connectivity index (χ4n) is 3.44. The molecule has 1 aliphatic heterocycles. The third-order valence-electron chi connectivity index (χ3n) is 4.65. The molecule has 1 heterocycles. The van der Waals surface area contributed by atoms with Crippen molar-refractivity contribution in [3.05, 3.63) is 28.8 Å². The van der Waals surface area contributed by atoms with E-state index in [1.807, 2.05) is 0 Å². The molecule has 0 amide bonds. The van der Waals surface area contributed by atoms with Crippen molar-refractivity contribution < 1.29 is 24.9 Å². The van der Waals surface area contributed by atoms with Crippen molar-refractivity contribution in [2.24, 2.45) is 10.8 Å². The lowest BCUT2D eigenvalue weighted by molar-refractivity contribution is -0.151. The first-order chi connectivity index (χ1) is 9.82. The van der Waals surface area contributed by atoms with E-state index in [0.29, 0.717) is 12.1 Å². The Morgan fingerprint density at radius 2 is 1.76 bits per heavy atom. The van der Waals surface area contributed by atoms with E-state index >= 15 is 0 Å². The van der Waals surface area contributed by atoms with Gasteiger partial charge < -0.3 is 15.3 Å². The maximum atomic E-state index is 11.4. The lowest BCUT2D eigenvalue weighted by Gasteiger charge is -2.20. The van der Waals surface area contributed by atoms with Gasteiger partial charge in [0, 0.05) is 19.6 Å². The highest BCUT2D eigenvalue weighted by Crippen LogP contribution is 2.68. The van der Waals surface area contributed by atoms with Crippen LogP contribution < -0.4 is 0 Å². The second-order valence-electron chi connectivity index (χ2n) is 5.85. The van der Waals surface area contributed by atoms with Crippen LogP contribution in [0.3, 0.4) is 0 Å². The predicted molar refractivity (Wildman–Crippen MR) is 73.1 cm³/mol. The van der Waals surface area contributed by atoms with Crippen molar-refractivity contribution in [1.29, 1.82) is 0 Å². The number of hydrogen-bond acceptors (Lipinski definition) is 4. The number of halogens is 1. The largest absolute Gasteiger partial charge is 0.506 e. The smallest absolute Gasteiger partial charge is 0.312 e. The molecule has 0 unspecified atom stereocenters. The van der Waals surface area contributed by atoms with Crippen molar-refractivity contribution in [3.8, 4) is 5.75 Å². The molecule has 0 radical (unpaired) electrons. The maximum absolute atomic E-state index is 11.4. The molecule has 0 bridgehead atoms. The summed E-state index contributed by atoms with van der Waals surface area (Å²) in [6, 6.07) is 4.84. The van der Waals surface area contributed by atoms with Crippen LogP contribution in [0.5, 0.6) is 5.75 Å². The Morgan fingerprint density at radius 3 is 2.29 bits per heavy atom. The van der Waals surface area contributed by atoms with E-state index < -0.39 is 22.8 Å². The van der Waals surface area contributed by atoms with Crippen molar-refractivity contribution in [3.63, 3.8) is 0 Å². The molecule has 1 saturated carbocycles. The predicted octanol–water partition coefficient (Wildman–Crippen LogP) is 1.41. The highest BCUT2D eigenvalue weighted by atomic mass is 35.5. The van der Waals surface area contributed by atoms with Crippen LogP contribution in [0.4, 0.5) is 0 Å². The van der Waals surface area contributed by atoms with Gasteiger partial charge in [0.25, 0.3) is 0 Å². The number of phenolic OH excluding ortho intramolecular Hbond substituents is 1. The van der Waals surface area contributed by atoms with E-state index in [1.165, 1.54) is 6.07 Å². The number of aromatic hydroxyl groups is 1. The zero-order valence-corrected chi connectivity index (χ0v) is 11.8. The zero-order chi connectivity index (χ0) is 15.4. The number of carboxylic acid groups (broad SMARTS) is 2. The Morgan fingerprint density at radius 1 is 1.19 bits per heavy atom. The molecule has 1 saturated heterocycles. The number of likely N-dealkylation sites (tertiary alicyclic amines) is 1. The summed E-state index contributed by atoms with van der Waals surface area (Å²) < 4.78 is 0. The fraction of sp³-hybridized carbons (Fsp3) is 0.429. The van der Waals surface area contributed by atoms with E-state index in [1.54, 1.807) is 17.0 Å². The Balaban J connectivity index is 1.83. The van der Waals surface area contributed by atoms with Crippen LogP contribution in [0.2, 0.25) is 5.02 Å². The molecule has 3 N–H and O–H groups in total. The van der Waals surface area contributed by atoms with Gasteiger partial charge in [0.15, 0.2) is 0 Å². The molecular weight excluding hydrogens is 298 g/mol. The molecule has 7 heteroatoms. The molecule has 21 heavy (non-hydrogen) atoms. The topological polar surface area (TPSA) is 98.1 Å². The van der Waals surface area contributed by atoms with Crippen LogP contribution in [0.25, 0.3) is 0 Å². The summed E-state index contributed by atoms with van der Waals surface area (Å²) in [7, 11) is 0. The quantitative estimate of drug-likeness (QED) is 0.777. The Bertz CT molecular complexity index is 620. The molecule has 0 aromatic heterocycles. The molecule has 2 atom stereocenters. The first kappa shape index (κ1) is 14.2. The number of aliphatic carboxylic acids is 2. The molecule has 0 spiro atoms. The number of fused-ring (bicyclic) bond motifs is 1. The highest BCUT2D eigenvalue weighted by Gasteiger charge is 2.80. The summed E-state index contributed by atoms with van der Waals surface area (Å²) in [5.41, 5.74) is -1.73. The SMILES string of the molecule is O=C(O)[C@@]12CN(Cc3cccc(O)c3Cl)C[C@]1(C(=O)O)C2.